The first-order valence-electron chi connectivity index (χ1n) is 8.19. The summed E-state index contributed by atoms with van der Waals surface area (Å²) in [6.45, 7) is 0. The molecule has 0 spiro atoms. The third kappa shape index (κ3) is 4.86. The number of hydrogen-bond donors (Lipinski definition) is 1. The molecular formula is C18H17FN2O4S2. The number of allylic oxidation sites excluding steroid dienone is 1. The number of aromatic nitrogens is 1. The van der Waals surface area contributed by atoms with Crippen LogP contribution in [0.3, 0.4) is 0 Å². The van der Waals surface area contributed by atoms with Gasteiger partial charge in [0.05, 0.1) is 11.1 Å². The highest BCUT2D eigenvalue weighted by Crippen LogP contribution is 2.29. The van der Waals surface area contributed by atoms with Gasteiger partial charge in [-0.05, 0) is 30.0 Å². The van der Waals surface area contributed by atoms with Gasteiger partial charge in [0, 0.05) is 24.7 Å². The van der Waals surface area contributed by atoms with E-state index >= 15 is 0 Å². The monoisotopic (exact) mass is 408 g/mol. The van der Waals surface area contributed by atoms with Crippen LogP contribution in [0.4, 0.5) is 9.52 Å². The van der Waals surface area contributed by atoms with Gasteiger partial charge in [-0.2, -0.15) is 4.39 Å². The van der Waals surface area contributed by atoms with Crippen molar-refractivity contribution >= 4 is 43.6 Å². The molecule has 1 aliphatic carbocycles. The minimum atomic E-state index is -3.36. The van der Waals surface area contributed by atoms with Gasteiger partial charge in [0.15, 0.2) is 20.1 Å². The lowest BCUT2D eigenvalue weighted by molar-refractivity contribution is -0.117. The molecule has 0 unspecified atom stereocenters. The lowest BCUT2D eigenvalue weighted by atomic mass is 9.98. The zero-order valence-electron chi connectivity index (χ0n) is 14.4. The number of Topliss-reactive ketones (excluding diaryl/α,β-unsaturated/α-hetero) is 1. The molecule has 3 rings (SSSR count). The van der Waals surface area contributed by atoms with E-state index in [9.17, 15) is 22.4 Å². The largest absolute Gasteiger partial charge is 0.300 e. The van der Waals surface area contributed by atoms with E-state index < -0.39 is 20.9 Å². The van der Waals surface area contributed by atoms with Gasteiger partial charge in [0.2, 0.25) is 0 Å². The van der Waals surface area contributed by atoms with Gasteiger partial charge in [-0.3, -0.25) is 14.9 Å². The first-order valence-corrected chi connectivity index (χ1v) is 10.9. The van der Waals surface area contributed by atoms with Crippen molar-refractivity contribution in [2.45, 2.75) is 24.2 Å². The van der Waals surface area contributed by atoms with Crippen LogP contribution in [-0.2, 0) is 19.4 Å². The SMILES string of the molecule is CS(=O)(=O)c1ccc(/C(=C\[C@H]2CCC(=O)C2)C(=O)Nc2ncc(F)s2)cc1. The van der Waals surface area contributed by atoms with Crippen molar-refractivity contribution in [1.29, 1.82) is 0 Å². The van der Waals surface area contributed by atoms with Crippen molar-refractivity contribution in [2.24, 2.45) is 5.92 Å². The van der Waals surface area contributed by atoms with Crippen LogP contribution < -0.4 is 5.32 Å². The average Bonchev–Trinajstić information content (AvgIpc) is 3.20. The number of nitrogens with zero attached hydrogens (tertiary/aromatic N) is 1. The second-order valence-electron chi connectivity index (χ2n) is 6.34. The quantitative estimate of drug-likeness (QED) is 0.768. The molecule has 142 valence electrons. The van der Waals surface area contributed by atoms with Crippen LogP contribution in [0.2, 0.25) is 0 Å². The first-order chi connectivity index (χ1) is 12.7. The van der Waals surface area contributed by atoms with Crippen molar-refractivity contribution in [3.63, 3.8) is 0 Å². The summed E-state index contributed by atoms with van der Waals surface area (Å²) in [5.41, 5.74) is 0.807. The number of sulfone groups is 1. The smallest absolute Gasteiger partial charge is 0.257 e. The van der Waals surface area contributed by atoms with Gasteiger partial charge in [0.1, 0.15) is 5.78 Å². The summed E-state index contributed by atoms with van der Waals surface area (Å²) < 4.78 is 36.4. The van der Waals surface area contributed by atoms with E-state index in [0.717, 1.165) is 12.5 Å². The Bertz CT molecular complexity index is 1010. The van der Waals surface area contributed by atoms with Gasteiger partial charge in [-0.1, -0.05) is 29.5 Å². The number of carbonyl (C=O) groups is 2. The van der Waals surface area contributed by atoms with Crippen LogP contribution in [0.5, 0.6) is 0 Å². The predicted molar refractivity (Wildman–Crippen MR) is 101 cm³/mol. The minimum absolute atomic E-state index is 0.0686. The van der Waals surface area contributed by atoms with Crippen LogP contribution in [-0.4, -0.2) is 31.3 Å². The average molecular weight is 408 g/mol. The molecule has 1 aliphatic rings. The normalized spacial score (nSPS) is 17.9. The van der Waals surface area contributed by atoms with Crippen LogP contribution >= 0.6 is 11.3 Å². The molecule has 2 aromatic rings. The van der Waals surface area contributed by atoms with Crippen LogP contribution in [0.15, 0.2) is 41.4 Å². The Morgan fingerprint density at radius 3 is 2.56 bits per heavy atom. The molecule has 1 aromatic heterocycles. The van der Waals surface area contributed by atoms with Crippen LogP contribution in [0.25, 0.3) is 5.57 Å². The predicted octanol–water partition coefficient (Wildman–Crippen LogP) is 3.08. The fourth-order valence-electron chi connectivity index (χ4n) is 2.88. The molecular weight excluding hydrogens is 391 g/mol. The third-order valence-corrected chi connectivity index (χ3v) is 6.05. The number of carbonyl (C=O) groups excluding carboxylic acids is 2. The minimum Gasteiger partial charge on any atom is -0.300 e. The number of halogens is 1. The Hall–Kier alpha value is -2.39. The number of benzene rings is 1. The van der Waals surface area contributed by atoms with E-state index in [-0.39, 0.29) is 21.7 Å². The molecule has 9 heteroatoms. The molecule has 6 nitrogen and oxygen atoms in total. The molecule has 1 heterocycles. The molecule has 1 aromatic carbocycles. The van der Waals surface area contributed by atoms with Gasteiger partial charge in [-0.15, -0.1) is 0 Å². The number of anilines is 1. The summed E-state index contributed by atoms with van der Waals surface area (Å²) >= 11 is 0.707. The first kappa shape index (κ1) is 19.4. The van der Waals surface area contributed by atoms with Gasteiger partial charge in [0.25, 0.3) is 5.91 Å². The summed E-state index contributed by atoms with van der Waals surface area (Å²) in [6.07, 6.45) is 5.33. The highest BCUT2D eigenvalue weighted by Gasteiger charge is 2.23. The van der Waals surface area contributed by atoms with E-state index in [1.807, 2.05) is 0 Å². The number of hydrogen-bond acceptors (Lipinski definition) is 6. The Morgan fingerprint density at radius 1 is 1.33 bits per heavy atom. The number of rotatable bonds is 5. The fraction of sp³-hybridized carbons (Fsp3) is 0.278. The summed E-state index contributed by atoms with van der Waals surface area (Å²) in [5.74, 6) is -0.415. The number of thiazole rings is 1. The Kier molecular flexibility index (Phi) is 5.52. The molecule has 1 N–H and O–H groups in total. The van der Waals surface area contributed by atoms with Crippen molar-refractivity contribution < 1.29 is 22.4 Å². The van der Waals surface area contributed by atoms with E-state index in [1.54, 1.807) is 18.2 Å². The Morgan fingerprint density at radius 2 is 2.04 bits per heavy atom. The fourth-order valence-corrected chi connectivity index (χ4v) is 4.05. The Labute approximate surface area is 160 Å². The number of nitrogens with one attached hydrogen (secondary N) is 1. The van der Waals surface area contributed by atoms with Crippen LogP contribution in [0, 0.1) is 11.0 Å². The van der Waals surface area contributed by atoms with Crippen molar-refractivity contribution in [1.82, 2.24) is 4.98 Å². The second-order valence-corrected chi connectivity index (χ2v) is 9.34. The molecule has 0 bridgehead atoms. The zero-order chi connectivity index (χ0) is 19.6. The molecule has 0 saturated heterocycles. The van der Waals surface area contributed by atoms with Crippen LogP contribution in [0.1, 0.15) is 24.8 Å². The van der Waals surface area contributed by atoms with Crippen molar-refractivity contribution in [3.05, 3.63) is 47.2 Å². The standard InChI is InChI=1S/C18H17FN2O4S2/c1-27(24,25)14-6-3-12(4-7-14)15(9-11-2-5-13(22)8-11)17(23)21-18-20-10-16(19)26-18/h3-4,6-7,9-11H,2,5,8H2,1H3,(H,20,21,23)/b15-9+/t11-/m0/s1. The second kappa shape index (κ2) is 7.69. The maximum absolute atomic E-state index is 13.1. The van der Waals surface area contributed by atoms with Gasteiger partial charge >= 0.3 is 0 Å². The topological polar surface area (TPSA) is 93.2 Å². The molecule has 0 aliphatic heterocycles. The summed E-state index contributed by atoms with van der Waals surface area (Å²) in [7, 11) is -3.36. The van der Waals surface area contributed by atoms with E-state index in [0.29, 0.717) is 41.7 Å². The molecule has 1 amide bonds. The van der Waals surface area contributed by atoms with E-state index in [4.69, 9.17) is 0 Å². The zero-order valence-corrected chi connectivity index (χ0v) is 16.1. The highest BCUT2D eigenvalue weighted by atomic mass is 32.2. The Balaban J connectivity index is 1.93. The lowest BCUT2D eigenvalue weighted by Gasteiger charge is -2.11. The summed E-state index contributed by atoms with van der Waals surface area (Å²) in [5, 5.41) is 2.15. The molecule has 1 atom stereocenters. The number of ketones is 1. The van der Waals surface area contributed by atoms with Crippen molar-refractivity contribution in [2.75, 3.05) is 11.6 Å². The van der Waals surface area contributed by atoms with E-state index in [2.05, 4.69) is 10.3 Å². The molecule has 27 heavy (non-hydrogen) atoms. The van der Waals surface area contributed by atoms with E-state index in [1.165, 1.54) is 12.1 Å². The molecule has 1 fully saturated rings. The maximum Gasteiger partial charge on any atom is 0.257 e. The van der Waals surface area contributed by atoms with Crippen molar-refractivity contribution in [3.8, 4) is 0 Å². The summed E-state index contributed by atoms with van der Waals surface area (Å²) in [6, 6.07) is 5.94. The van der Waals surface area contributed by atoms with Gasteiger partial charge < -0.3 is 0 Å². The van der Waals surface area contributed by atoms with Gasteiger partial charge in [-0.25, -0.2) is 13.4 Å². The lowest BCUT2D eigenvalue weighted by Crippen LogP contribution is -2.14. The third-order valence-electron chi connectivity index (χ3n) is 4.22. The maximum atomic E-state index is 13.1. The molecule has 1 saturated carbocycles. The summed E-state index contributed by atoms with van der Waals surface area (Å²) in [4.78, 5) is 28.2. The highest BCUT2D eigenvalue weighted by molar-refractivity contribution is 7.90. The molecule has 0 radical (unpaired) electrons. The number of amides is 1.